The molecule has 3 aromatic rings. The lowest BCUT2D eigenvalue weighted by Gasteiger charge is -2.21. The van der Waals surface area contributed by atoms with Gasteiger partial charge in [0.1, 0.15) is 11.5 Å². The fraction of sp³-hybridized carbons (Fsp3) is 0.235. The van der Waals surface area contributed by atoms with Crippen molar-refractivity contribution in [3.05, 3.63) is 67.6 Å². The van der Waals surface area contributed by atoms with E-state index in [0.29, 0.717) is 34.7 Å². The molecule has 2 N–H and O–H groups in total. The average molecular weight is 374 g/mol. The topological polar surface area (TPSA) is 112 Å². The van der Waals surface area contributed by atoms with E-state index in [1.807, 2.05) is 6.92 Å². The van der Waals surface area contributed by atoms with Crippen molar-refractivity contribution in [2.24, 2.45) is 0 Å². The van der Waals surface area contributed by atoms with Gasteiger partial charge in [0.15, 0.2) is 0 Å². The number of fused-ring (bicyclic) bond motifs is 1. The molecule has 26 heavy (non-hydrogen) atoms. The van der Waals surface area contributed by atoms with E-state index in [9.17, 15) is 14.4 Å². The normalized spacial score (nSPS) is 10.8. The van der Waals surface area contributed by atoms with Crippen molar-refractivity contribution in [1.29, 1.82) is 0 Å². The summed E-state index contributed by atoms with van der Waals surface area (Å²) in [7, 11) is 0. The molecule has 0 aliphatic heterocycles. The number of hydrogen-bond acceptors (Lipinski definition) is 5. The fourth-order valence-electron chi connectivity index (χ4n) is 2.56. The van der Waals surface area contributed by atoms with Crippen LogP contribution < -0.4 is 11.1 Å². The molecule has 9 heteroatoms. The number of nitrogens with one attached hydrogen (secondary N) is 2. The van der Waals surface area contributed by atoms with E-state index in [2.05, 4.69) is 20.2 Å². The van der Waals surface area contributed by atoms with Crippen molar-refractivity contribution in [3.63, 3.8) is 0 Å². The zero-order valence-corrected chi connectivity index (χ0v) is 14.7. The van der Waals surface area contributed by atoms with Gasteiger partial charge in [0.25, 0.3) is 17.0 Å². The SMILES string of the molecule is CCCN(Cc1nc2cc(Cl)ccc2c(=O)[nH]1)C(=O)c1ccc(=O)[nH]n1. The highest BCUT2D eigenvalue weighted by molar-refractivity contribution is 6.31. The van der Waals surface area contributed by atoms with Crippen LogP contribution in [0.3, 0.4) is 0 Å². The largest absolute Gasteiger partial charge is 0.330 e. The Balaban J connectivity index is 1.93. The number of aromatic amines is 2. The zero-order valence-electron chi connectivity index (χ0n) is 14.0. The first-order valence-corrected chi connectivity index (χ1v) is 8.39. The van der Waals surface area contributed by atoms with E-state index in [4.69, 9.17) is 11.6 Å². The Bertz CT molecular complexity index is 1060. The van der Waals surface area contributed by atoms with Crippen LogP contribution in [-0.4, -0.2) is 37.5 Å². The lowest BCUT2D eigenvalue weighted by atomic mass is 10.2. The summed E-state index contributed by atoms with van der Waals surface area (Å²) in [6.45, 7) is 2.47. The summed E-state index contributed by atoms with van der Waals surface area (Å²) in [5, 5.41) is 6.90. The Morgan fingerprint density at radius 2 is 2.04 bits per heavy atom. The Hall–Kier alpha value is -3.00. The summed E-state index contributed by atoms with van der Waals surface area (Å²) in [5.41, 5.74) is -0.111. The van der Waals surface area contributed by atoms with Gasteiger partial charge in [-0.25, -0.2) is 10.1 Å². The molecule has 2 heterocycles. The average Bonchev–Trinajstić information content (AvgIpc) is 2.61. The fourth-order valence-corrected chi connectivity index (χ4v) is 2.73. The molecule has 0 unspecified atom stereocenters. The van der Waals surface area contributed by atoms with Crippen LogP contribution in [0, 0.1) is 0 Å². The van der Waals surface area contributed by atoms with Crippen molar-refractivity contribution in [2.75, 3.05) is 6.54 Å². The zero-order chi connectivity index (χ0) is 18.7. The maximum Gasteiger partial charge on any atom is 0.274 e. The van der Waals surface area contributed by atoms with E-state index in [-0.39, 0.29) is 29.3 Å². The maximum atomic E-state index is 12.7. The number of rotatable bonds is 5. The van der Waals surface area contributed by atoms with Crippen LogP contribution in [-0.2, 0) is 6.54 Å². The summed E-state index contributed by atoms with van der Waals surface area (Å²) >= 11 is 5.97. The van der Waals surface area contributed by atoms with Gasteiger partial charge in [0, 0.05) is 17.6 Å². The second-order valence-corrected chi connectivity index (χ2v) is 6.14. The van der Waals surface area contributed by atoms with Gasteiger partial charge >= 0.3 is 0 Å². The molecule has 3 rings (SSSR count). The number of H-pyrrole nitrogens is 2. The summed E-state index contributed by atoms with van der Waals surface area (Å²) in [5.74, 6) is -0.0204. The first-order chi connectivity index (χ1) is 12.5. The van der Waals surface area contributed by atoms with Gasteiger partial charge < -0.3 is 9.88 Å². The lowest BCUT2D eigenvalue weighted by Crippen LogP contribution is -2.34. The van der Waals surface area contributed by atoms with E-state index in [1.165, 1.54) is 17.0 Å². The maximum absolute atomic E-state index is 12.7. The number of carbonyl (C=O) groups excluding carboxylic acids is 1. The quantitative estimate of drug-likeness (QED) is 0.707. The Morgan fingerprint density at radius 1 is 1.23 bits per heavy atom. The molecule has 0 aliphatic carbocycles. The van der Waals surface area contributed by atoms with Crippen LogP contribution >= 0.6 is 11.6 Å². The highest BCUT2D eigenvalue weighted by Crippen LogP contribution is 2.15. The van der Waals surface area contributed by atoms with Crippen molar-refractivity contribution >= 4 is 28.4 Å². The first-order valence-electron chi connectivity index (χ1n) is 8.01. The molecule has 1 amide bonds. The van der Waals surface area contributed by atoms with Gasteiger partial charge in [-0.3, -0.25) is 14.4 Å². The summed E-state index contributed by atoms with van der Waals surface area (Å²) < 4.78 is 0. The van der Waals surface area contributed by atoms with Gasteiger partial charge in [0.05, 0.1) is 17.4 Å². The van der Waals surface area contributed by atoms with Gasteiger partial charge in [-0.15, -0.1) is 0 Å². The molecule has 0 saturated carbocycles. The van der Waals surface area contributed by atoms with Crippen LogP contribution in [0.15, 0.2) is 39.9 Å². The van der Waals surface area contributed by atoms with Crippen LogP contribution in [0.1, 0.15) is 29.7 Å². The number of carbonyl (C=O) groups is 1. The molecule has 0 aliphatic rings. The van der Waals surface area contributed by atoms with Gasteiger partial charge in [-0.2, -0.15) is 5.10 Å². The number of halogens is 1. The molecule has 134 valence electrons. The van der Waals surface area contributed by atoms with Crippen molar-refractivity contribution < 1.29 is 4.79 Å². The van der Waals surface area contributed by atoms with Crippen LogP contribution in [0.5, 0.6) is 0 Å². The molecular formula is C17H16ClN5O3. The third-order valence-corrected chi connectivity index (χ3v) is 3.97. The molecule has 2 aromatic heterocycles. The van der Waals surface area contributed by atoms with Gasteiger partial charge in [-0.1, -0.05) is 18.5 Å². The third kappa shape index (κ3) is 3.80. The summed E-state index contributed by atoms with van der Waals surface area (Å²) in [4.78, 5) is 44.6. The van der Waals surface area contributed by atoms with E-state index in [1.54, 1.807) is 18.2 Å². The first kappa shape index (κ1) is 17.8. The molecular weight excluding hydrogens is 358 g/mol. The number of amides is 1. The Labute approximate surface area is 152 Å². The third-order valence-electron chi connectivity index (χ3n) is 3.74. The van der Waals surface area contributed by atoms with Crippen molar-refractivity contribution in [3.8, 4) is 0 Å². The van der Waals surface area contributed by atoms with E-state index in [0.717, 1.165) is 0 Å². The van der Waals surface area contributed by atoms with Crippen molar-refractivity contribution in [1.82, 2.24) is 25.1 Å². The molecule has 0 radical (unpaired) electrons. The highest BCUT2D eigenvalue weighted by atomic mass is 35.5. The number of benzene rings is 1. The van der Waals surface area contributed by atoms with E-state index < -0.39 is 0 Å². The second kappa shape index (κ2) is 7.49. The summed E-state index contributed by atoms with van der Waals surface area (Å²) in [6, 6.07) is 7.43. The molecule has 8 nitrogen and oxygen atoms in total. The predicted octanol–water partition coefficient (Wildman–Crippen LogP) is 1.71. The smallest absolute Gasteiger partial charge is 0.274 e. The Kier molecular flexibility index (Phi) is 5.13. The minimum Gasteiger partial charge on any atom is -0.330 e. The minimum absolute atomic E-state index is 0.102. The molecule has 1 aromatic carbocycles. The molecule has 0 fully saturated rings. The van der Waals surface area contributed by atoms with Crippen LogP contribution in [0.2, 0.25) is 5.02 Å². The molecule has 0 atom stereocenters. The van der Waals surface area contributed by atoms with Gasteiger partial charge in [0.2, 0.25) is 0 Å². The Morgan fingerprint density at radius 3 is 2.73 bits per heavy atom. The van der Waals surface area contributed by atoms with Crippen molar-refractivity contribution in [2.45, 2.75) is 19.9 Å². The predicted molar refractivity (Wildman–Crippen MR) is 97.3 cm³/mol. The molecule has 0 bridgehead atoms. The number of hydrogen-bond donors (Lipinski definition) is 2. The highest BCUT2D eigenvalue weighted by Gasteiger charge is 2.18. The van der Waals surface area contributed by atoms with E-state index >= 15 is 0 Å². The molecule has 0 spiro atoms. The monoisotopic (exact) mass is 373 g/mol. The summed E-state index contributed by atoms with van der Waals surface area (Å²) in [6.07, 6.45) is 0.707. The van der Waals surface area contributed by atoms with Crippen LogP contribution in [0.4, 0.5) is 0 Å². The molecule has 0 saturated heterocycles. The lowest BCUT2D eigenvalue weighted by molar-refractivity contribution is 0.0731. The standard InChI is InChI=1S/C17H16ClN5O3/c1-2-7-23(17(26)12-5-6-15(24)22-21-12)9-14-19-13-8-10(18)3-4-11(13)16(25)20-14/h3-6,8H,2,7,9H2,1H3,(H,22,24)(H,19,20,25). The van der Waals surface area contributed by atoms with Crippen LogP contribution in [0.25, 0.3) is 10.9 Å². The minimum atomic E-state index is -0.388. The van der Waals surface area contributed by atoms with Gasteiger partial charge in [-0.05, 0) is 30.7 Å². The number of aromatic nitrogens is 4. The second-order valence-electron chi connectivity index (χ2n) is 5.71. The number of nitrogens with zero attached hydrogens (tertiary/aromatic N) is 3.